The molecule has 212 valence electrons. The Labute approximate surface area is 262 Å². The highest BCUT2D eigenvalue weighted by Crippen LogP contribution is 2.29. The molecule has 0 spiro atoms. The van der Waals surface area contributed by atoms with E-state index < -0.39 is 5.97 Å². The largest absolute Gasteiger partial charge is 0.487 e. The van der Waals surface area contributed by atoms with Gasteiger partial charge in [-0.05, 0) is 90.8 Å². The number of benzene rings is 4. The van der Waals surface area contributed by atoms with Crippen LogP contribution in [-0.4, -0.2) is 16.9 Å². The molecule has 0 aliphatic carbocycles. The number of carboxylic acid groups (broad SMARTS) is 1. The predicted octanol–water partition coefficient (Wildman–Crippen LogP) is 8.79. The molecule has 0 bridgehead atoms. The first-order chi connectivity index (χ1) is 20.0. The zero-order valence-electron chi connectivity index (χ0n) is 21.8. The molecule has 0 fully saturated rings. The number of Topliss-reactive ketones (excluding diaryl/α,β-unsaturated/α-hetero) is 1. The fraction of sp³-hybridized carbons (Fsp3) is 0.0968. The molecule has 4 aromatic rings. The maximum atomic E-state index is 11.4. The maximum Gasteiger partial charge on any atom is 0.335 e. The van der Waals surface area contributed by atoms with E-state index in [9.17, 15) is 9.59 Å². The van der Waals surface area contributed by atoms with Crippen LogP contribution < -0.4 is 9.47 Å². The van der Waals surface area contributed by atoms with Crippen molar-refractivity contribution in [2.75, 3.05) is 0 Å². The Morgan fingerprint density at radius 3 is 1.50 bits per heavy atom. The minimum Gasteiger partial charge on any atom is -0.487 e. The number of carboxylic acids is 1. The number of ketones is 1. The van der Waals surface area contributed by atoms with Crippen molar-refractivity contribution in [3.63, 3.8) is 0 Å². The second kappa shape index (κ2) is 15.1. The van der Waals surface area contributed by atoms with Crippen molar-refractivity contribution >= 4 is 58.2 Å². The van der Waals surface area contributed by atoms with E-state index in [2.05, 4.69) is 0 Å². The number of rotatable bonds is 8. The summed E-state index contributed by atoms with van der Waals surface area (Å²) in [4.78, 5) is 22.4. The number of carbonyl (C=O) groups excluding carboxylic acids is 1. The van der Waals surface area contributed by atoms with Crippen LogP contribution in [0.1, 0.15) is 49.9 Å². The first-order valence-corrected chi connectivity index (χ1v) is 13.5. The van der Waals surface area contributed by atoms with Crippen LogP contribution in [0.2, 0.25) is 20.1 Å². The van der Waals surface area contributed by atoms with Gasteiger partial charge in [0.05, 0.1) is 38.9 Å². The number of hydrogen-bond donors (Lipinski definition) is 1. The summed E-state index contributed by atoms with van der Waals surface area (Å²) in [5.41, 5.74) is 2.49. The van der Waals surface area contributed by atoms with E-state index in [1.165, 1.54) is 19.1 Å². The van der Waals surface area contributed by atoms with Crippen LogP contribution >= 0.6 is 46.4 Å². The van der Waals surface area contributed by atoms with E-state index in [1.54, 1.807) is 60.7 Å². The SMILES string of the molecule is CC(=O)c1cc(C#N)cc(COc2ccc(Cl)cc2Cl)c1.N#Cc1cc(COc2ccc(Cl)cc2Cl)cc(C(=O)O)c1. The van der Waals surface area contributed by atoms with Crippen molar-refractivity contribution in [3.05, 3.63) is 126 Å². The average Bonchev–Trinajstić information content (AvgIpc) is 2.96. The quantitative estimate of drug-likeness (QED) is 0.191. The minimum absolute atomic E-state index is 0.0369. The van der Waals surface area contributed by atoms with Gasteiger partial charge in [-0.1, -0.05) is 46.4 Å². The van der Waals surface area contributed by atoms with Gasteiger partial charge in [-0.25, -0.2) is 4.79 Å². The van der Waals surface area contributed by atoms with Crippen LogP contribution in [0, 0.1) is 22.7 Å². The number of aromatic carboxylic acids is 1. The minimum atomic E-state index is -1.10. The van der Waals surface area contributed by atoms with Gasteiger partial charge < -0.3 is 14.6 Å². The monoisotopic (exact) mass is 640 g/mol. The van der Waals surface area contributed by atoms with E-state index in [0.29, 0.717) is 48.3 Å². The van der Waals surface area contributed by atoms with Gasteiger partial charge in [-0.15, -0.1) is 0 Å². The molecule has 0 aliphatic rings. The van der Waals surface area contributed by atoms with E-state index in [4.69, 9.17) is 71.5 Å². The lowest BCUT2D eigenvalue weighted by Gasteiger charge is -2.09. The van der Waals surface area contributed by atoms with Gasteiger partial charge in [0, 0.05) is 15.6 Å². The van der Waals surface area contributed by atoms with Gasteiger partial charge in [0.1, 0.15) is 24.7 Å². The Balaban J connectivity index is 0.000000230. The number of hydrogen-bond acceptors (Lipinski definition) is 6. The molecule has 4 rings (SSSR count). The van der Waals surface area contributed by atoms with Gasteiger partial charge in [-0.3, -0.25) is 4.79 Å². The van der Waals surface area contributed by atoms with Crippen molar-refractivity contribution in [2.24, 2.45) is 0 Å². The van der Waals surface area contributed by atoms with Crippen LogP contribution in [0.25, 0.3) is 0 Å². The molecule has 42 heavy (non-hydrogen) atoms. The van der Waals surface area contributed by atoms with Crippen molar-refractivity contribution in [1.82, 2.24) is 0 Å². The molecule has 0 amide bonds. The predicted molar refractivity (Wildman–Crippen MR) is 161 cm³/mol. The molecule has 4 aromatic carbocycles. The van der Waals surface area contributed by atoms with Crippen molar-refractivity contribution in [2.45, 2.75) is 20.1 Å². The molecule has 0 aliphatic heterocycles. The first-order valence-electron chi connectivity index (χ1n) is 12.0. The summed E-state index contributed by atoms with van der Waals surface area (Å²) < 4.78 is 11.1. The molecular formula is C31H20Cl4N2O5. The summed E-state index contributed by atoms with van der Waals surface area (Å²) in [6.07, 6.45) is 0. The zero-order chi connectivity index (χ0) is 30.8. The molecule has 7 nitrogen and oxygen atoms in total. The number of nitrogens with zero attached hydrogens (tertiary/aromatic N) is 2. The zero-order valence-corrected chi connectivity index (χ0v) is 24.9. The van der Waals surface area contributed by atoms with Gasteiger partial charge >= 0.3 is 5.97 Å². The third-order valence-electron chi connectivity index (χ3n) is 5.47. The highest BCUT2D eigenvalue weighted by Gasteiger charge is 2.10. The fourth-order valence-electron chi connectivity index (χ4n) is 3.51. The van der Waals surface area contributed by atoms with Crippen molar-refractivity contribution in [3.8, 4) is 23.6 Å². The Hall–Kier alpha value is -4.24. The number of ether oxygens (including phenoxy) is 2. The summed E-state index contributed by atoms with van der Waals surface area (Å²) in [6, 6.07) is 22.9. The Morgan fingerprint density at radius 1 is 0.690 bits per heavy atom. The summed E-state index contributed by atoms with van der Waals surface area (Å²) in [6.45, 7) is 1.76. The summed E-state index contributed by atoms with van der Waals surface area (Å²) in [5, 5.41) is 28.7. The van der Waals surface area contributed by atoms with Crippen LogP contribution in [0.3, 0.4) is 0 Å². The molecule has 11 heteroatoms. The van der Waals surface area contributed by atoms with E-state index in [0.717, 1.165) is 5.56 Å². The summed E-state index contributed by atoms with van der Waals surface area (Å²) >= 11 is 23.6. The first kappa shape index (κ1) is 32.3. The second-order valence-corrected chi connectivity index (χ2v) is 10.3. The number of nitriles is 2. The van der Waals surface area contributed by atoms with Crippen LogP contribution in [0.15, 0.2) is 72.8 Å². The van der Waals surface area contributed by atoms with Crippen molar-refractivity contribution < 1.29 is 24.2 Å². The van der Waals surface area contributed by atoms with Crippen LogP contribution in [-0.2, 0) is 13.2 Å². The normalized spacial score (nSPS) is 9.98. The Kier molecular flexibility index (Phi) is 11.6. The maximum absolute atomic E-state index is 11.4. The molecular weight excluding hydrogens is 622 g/mol. The third kappa shape index (κ3) is 9.41. The summed E-state index contributed by atoms with van der Waals surface area (Å²) in [5.74, 6) is -0.274. The van der Waals surface area contributed by atoms with Gasteiger partial charge in [0.2, 0.25) is 0 Å². The molecule has 1 N–H and O–H groups in total. The standard InChI is InChI=1S/C16H11Cl2NO2.C15H9Cl2NO3/c1-10(20)13-5-11(8-19)4-12(6-13)9-21-16-3-2-14(17)7-15(16)18;16-12-1-2-14(13(17)6-12)21-8-10-3-9(7-18)4-11(5-10)15(19)20/h2-7H,9H2,1H3;1-6H,8H2,(H,19,20). The van der Waals surface area contributed by atoms with Crippen LogP contribution in [0.5, 0.6) is 11.5 Å². The lowest BCUT2D eigenvalue weighted by Crippen LogP contribution is -2.02. The molecule has 0 aromatic heterocycles. The number of halogens is 4. The smallest absolute Gasteiger partial charge is 0.335 e. The van der Waals surface area contributed by atoms with Crippen LogP contribution in [0.4, 0.5) is 0 Å². The average molecular weight is 642 g/mol. The molecule has 0 radical (unpaired) electrons. The fourth-order valence-corrected chi connectivity index (χ4v) is 4.44. The summed E-state index contributed by atoms with van der Waals surface area (Å²) in [7, 11) is 0. The number of carbonyl (C=O) groups is 2. The van der Waals surface area contributed by atoms with E-state index >= 15 is 0 Å². The lowest BCUT2D eigenvalue weighted by atomic mass is 10.0. The van der Waals surface area contributed by atoms with Gasteiger partial charge in [0.25, 0.3) is 0 Å². The third-order valence-corrected chi connectivity index (χ3v) is 6.53. The Bertz CT molecular complexity index is 1600. The molecule has 0 heterocycles. The van der Waals surface area contributed by atoms with E-state index in [-0.39, 0.29) is 30.1 Å². The Morgan fingerprint density at radius 2 is 1.12 bits per heavy atom. The highest BCUT2D eigenvalue weighted by atomic mass is 35.5. The van der Waals surface area contributed by atoms with Gasteiger partial charge in [-0.2, -0.15) is 10.5 Å². The van der Waals surface area contributed by atoms with E-state index in [1.807, 2.05) is 12.1 Å². The molecule has 0 saturated heterocycles. The molecule has 0 saturated carbocycles. The second-order valence-electron chi connectivity index (χ2n) is 8.65. The topological polar surface area (TPSA) is 120 Å². The molecule has 0 unspecified atom stereocenters. The van der Waals surface area contributed by atoms with Gasteiger partial charge in [0.15, 0.2) is 5.78 Å². The van der Waals surface area contributed by atoms with Crippen molar-refractivity contribution in [1.29, 1.82) is 10.5 Å². The molecule has 0 atom stereocenters. The lowest BCUT2D eigenvalue weighted by molar-refractivity contribution is 0.0696. The highest BCUT2D eigenvalue weighted by molar-refractivity contribution is 6.36.